The van der Waals surface area contributed by atoms with Gasteiger partial charge in [0.25, 0.3) is 0 Å². The van der Waals surface area contributed by atoms with E-state index in [0.717, 1.165) is 11.9 Å². The molecule has 3 heterocycles. The van der Waals surface area contributed by atoms with Crippen LogP contribution in [0.2, 0.25) is 0 Å². The third-order valence-corrected chi connectivity index (χ3v) is 4.86. The summed E-state index contributed by atoms with van der Waals surface area (Å²) in [6, 6.07) is 10.7. The van der Waals surface area contributed by atoms with E-state index < -0.39 is 0 Å². The highest BCUT2D eigenvalue weighted by Crippen LogP contribution is 2.28. The van der Waals surface area contributed by atoms with Gasteiger partial charge < -0.3 is 5.32 Å². The molecule has 3 aromatic rings. The Morgan fingerprint density at radius 3 is 3.00 bits per heavy atom. The second kappa shape index (κ2) is 5.45. The summed E-state index contributed by atoms with van der Waals surface area (Å²) in [4.78, 5) is 1.36. The summed E-state index contributed by atoms with van der Waals surface area (Å²) in [6.07, 6.45) is 4.91. The third kappa shape index (κ3) is 2.59. The molecule has 0 amide bonds. The lowest BCUT2D eigenvalue weighted by molar-refractivity contribution is 0.600. The molecular weight excluding hydrogens is 322 g/mol. The van der Waals surface area contributed by atoms with Gasteiger partial charge in [-0.3, -0.25) is 0 Å². The van der Waals surface area contributed by atoms with Crippen LogP contribution in [0.3, 0.4) is 0 Å². The highest BCUT2D eigenvalue weighted by molar-refractivity contribution is 9.11. The number of halogens is 1. The summed E-state index contributed by atoms with van der Waals surface area (Å²) in [7, 11) is 2.00. The van der Waals surface area contributed by atoms with Gasteiger partial charge in [-0.25, -0.2) is 4.52 Å². The van der Waals surface area contributed by atoms with E-state index >= 15 is 0 Å². The molecule has 0 fully saturated rings. The molecule has 19 heavy (non-hydrogen) atoms. The lowest BCUT2D eigenvalue weighted by Gasteiger charge is -2.14. The lowest BCUT2D eigenvalue weighted by Crippen LogP contribution is -2.18. The van der Waals surface area contributed by atoms with Crippen molar-refractivity contribution in [2.45, 2.75) is 12.5 Å². The fourth-order valence-electron chi connectivity index (χ4n) is 2.25. The zero-order chi connectivity index (χ0) is 13.2. The largest absolute Gasteiger partial charge is 0.313 e. The number of rotatable bonds is 4. The monoisotopic (exact) mass is 335 g/mol. The molecule has 0 aliphatic heterocycles. The summed E-state index contributed by atoms with van der Waals surface area (Å²) < 4.78 is 3.10. The Hall–Kier alpha value is -1.17. The van der Waals surface area contributed by atoms with Crippen LogP contribution in [0.15, 0.2) is 46.5 Å². The highest BCUT2D eigenvalue weighted by Gasteiger charge is 2.15. The van der Waals surface area contributed by atoms with Gasteiger partial charge in [0.15, 0.2) is 0 Å². The molecule has 98 valence electrons. The normalized spacial score (nSPS) is 12.9. The number of nitrogens with one attached hydrogen (secondary N) is 1. The third-order valence-electron chi connectivity index (χ3n) is 3.21. The van der Waals surface area contributed by atoms with Crippen LogP contribution in [0, 0.1) is 0 Å². The maximum atomic E-state index is 4.41. The number of nitrogens with zero attached hydrogens (tertiary/aromatic N) is 2. The van der Waals surface area contributed by atoms with Crippen LogP contribution in [-0.2, 0) is 6.42 Å². The van der Waals surface area contributed by atoms with E-state index in [-0.39, 0.29) is 6.04 Å². The van der Waals surface area contributed by atoms with Gasteiger partial charge in [0, 0.05) is 29.1 Å². The minimum Gasteiger partial charge on any atom is -0.313 e. The molecule has 0 bridgehead atoms. The summed E-state index contributed by atoms with van der Waals surface area (Å²) >= 11 is 5.30. The van der Waals surface area contributed by atoms with Crippen molar-refractivity contribution < 1.29 is 0 Å². The maximum absolute atomic E-state index is 4.41. The minimum absolute atomic E-state index is 0.283. The number of fused-ring (bicyclic) bond motifs is 1. The van der Waals surface area contributed by atoms with Crippen molar-refractivity contribution in [2.75, 3.05) is 7.05 Å². The van der Waals surface area contributed by atoms with Crippen LogP contribution >= 0.6 is 27.3 Å². The van der Waals surface area contributed by atoms with E-state index in [1.165, 1.54) is 14.2 Å². The summed E-state index contributed by atoms with van der Waals surface area (Å²) in [5.74, 6) is 0. The zero-order valence-corrected chi connectivity index (χ0v) is 12.9. The molecule has 0 spiro atoms. The summed E-state index contributed by atoms with van der Waals surface area (Å²) in [5.41, 5.74) is 2.41. The summed E-state index contributed by atoms with van der Waals surface area (Å²) in [5, 5.41) is 7.80. The molecule has 0 saturated carbocycles. The zero-order valence-electron chi connectivity index (χ0n) is 10.5. The molecule has 0 radical (unpaired) electrons. The van der Waals surface area contributed by atoms with Crippen LogP contribution in [0.5, 0.6) is 0 Å². The number of likely N-dealkylation sites (N-methyl/N-ethyl adjacent to an activating group) is 1. The fraction of sp³-hybridized carbons (Fsp3) is 0.214. The van der Waals surface area contributed by atoms with Crippen molar-refractivity contribution in [3.05, 3.63) is 57.0 Å². The Morgan fingerprint density at radius 1 is 1.37 bits per heavy atom. The number of pyridine rings is 1. The SMILES string of the molecule is CNC(Cc1ccc(Br)s1)c1cnn2ccccc12. The van der Waals surface area contributed by atoms with Crippen LogP contribution < -0.4 is 5.32 Å². The van der Waals surface area contributed by atoms with Crippen LogP contribution in [0.4, 0.5) is 0 Å². The van der Waals surface area contributed by atoms with Crippen LogP contribution in [0.25, 0.3) is 5.52 Å². The van der Waals surface area contributed by atoms with Crippen molar-refractivity contribution in [1.29, 1.82) is 0 Å². The number of hydrogen-bond donors (Lipinski definition) is 1. The predicted octanol–water partition coefficient (Wildman–Crippen LogP) is 3.66. The average molecular weight is 336 g/mol. The van der Waals surface area contributed by atoms with E-state index in [4.69, 9.17) is 0 Å². The van der Waals surface area contributed by atoms with Gasteiger partial charge >= 0.3 is 0 Å². The first-order valence-corrected chi connectivity index (χ1v) is 7.72. The van der Waals surface area contributed by atoms with Crippen LogP contribution in [0.1, 0.15) is 16.5 Å². The topological polar surface area (TPSA) is 29.3 Å². The second-order valence-electron chi connectivity index (χ2n) is 4.38. The van der Waals surface area contributed by atoms with Crippen molar-refractivity contribution >= 4 is 32.8 Å². The molecule has 1 N–H and O–H groups in total. The highest BCUT2D eigenvalue weighted by atomic mass is 79.9. The molecule has 0 aliphatic rings. The minimum atomic E-state index is 0.283. The first-order valence-electron chi connectivity index (χ1n) is 6.11. The fourth-order valence-corrected chi connectivity index (χ4v) is 3.78. The Bertz CT molecular complexity index is 689. The first-order chi connectivity index (χ1) is 9.28. The van der Waals surface area contributed by atoms with Crippen molar-refractivity contribution in [1.82, 2.24) is 14.9 Å². The van der Waals surface area contributed by atoms with E-state index in [1.54, 1.807) is 11.3 Å². The van der Waals surface area contributed by atoms with Crippen molar-refractivity contribution in [3.63, 3.8) is 0 Å². The standard InChI is InChI=1S/C14H14BrN3S/c1-16-12(8-10-5-6-14(15)19-10)11-9-17-18-7-3-2-4-13(11)18/h2-7,9,12,16H,8H2,1H3. The molecular formula is C14H14BrN3S. The molecule has 3 aromatic heterocycles. The van der Waals surface area contributed by atoms with E-state index in [9.17, 15) is 0 Å². The van der Waals surface area contributed by atoms with Crippen molar-refractivity contribution in [2.24, 2.45) is 0 Å². The van der Waals surface area contributed by atoms with Crippen LogP contribution in [-0.4, -0.2) is 16.7 Å². The number of thiophene rings is 1. The van der Waals surface area contributed by atoms with Gasteiger partial charge in [0.1, 0.15) is 0 Å². The van der Waals surface area contributed by atoms with E-state index in [1.807, 2.05) is 30.0 Å². The second-order valence-corrected chi connectivity index (χ2v) is 6.93. The molecule has 5 heteroatoms. The van der Waals surface area contributed by atoms with E-state index in [0.29, 0.717) is 0 Å². The molecule has 3 rings (SSSR count). The van der Waals surface area contributed by atoms with Gasteiger partial charge in [-0.1, -0.05) is 6.07 Å². The summed E-state index contributed by atoms with van der Waals surface area (Å²) in [6.45, 7) is 0. The van der Waals surface area contributed by atoms with Gasteiger partial charge in [0.2, 0.25) is 0 Å². The van der Waals surface area contributed by atoms with Crippen molar-refractivity contribution in [3.8, 4) is 0 Å². The number of hydrogen-bond acceptors (Lipinski definition) is 3. The average Bonchev–Trinajstić information content (AvgIpc) is 3.02. The molecule has 0 aromatic carbocycles. The quantitative estimate of drug-likeness (QED) is 0.788. The van der Waals surface area contributed by atoms with Gasteiger partial charge in [-0.15, -0.1) is 11.3 Å². The lowest BCUT2D eigenvalue weighted by atomic mass is 10.0. The smallest absolute Gasteiger partial charge is 0.0709 e. The Balaban J connectivity index is 1.93. The Morgan fingerprint density at radius 2 is 2.26 bits per heavy atom. The molecule has 3 nitrogen and oxygen atoms in total. The van der Waals surface area contributed by atoms with Gasteiger partial charge in [0.05, 0.1) is 15.5 Å². The molecule has 1 unspecified atom stereocenters. The molecule has 0 saturated heterocycles. The number of aromatic nitrogens is 2. The Kier molecular flexibility index (Phi) is 3.68. The molecule has 1 atom stereocenters. The first kappa shape index (κ1) is 12.8. The molecule has 0 aliphatic carbocycles. The maximum Gasteiger partial charge on any atom is 0.0709 e. The van der Waals surface area contributed by atoms with Gasteiger partial charge in [-0.2, -0.15) is 5.10 Å². The van der Waals surface area contributed by atoms with Gasteiger partial charge in [-0.05, 0) is 47.2 Å². The Labute approximate surface area is 124 Å². The predicted molar refractivity (Wildman–Crippen MR) is 82.7 cm³/mol. The van der Waals surface area contributed by atoms with E-state index in [2.05, 4.69) is 50.6 Å².